The maximum absolute atomic E-state index is 13.0. The monoisotopic (exact) mass is 407 g/mol. The van der Waals surface area contributed by atoms with E-state index in [1.807, 2.05) is 0 Å². The van der Waals surface area contributed by atoms with Crippen molar-refractivity contribution >= 4 is 17.9 Å². The number of hydrogen-bond acceptors (Lipinski definition) is 6. The molecule has 29 heavy (non-hydrogen) atoms. The lowest BCUT2D eigenvalue weighted by Crippen LogP contribution is -2.52. The third-order valence-corrected chi connectivity index (χ3v) is 4.34. The lowest BCUT2D eigenvalue weighted by Gasteiger charge is -2.35. The minimum absolute atomic E-state index is 0.150. The van der Waals surface area contributed by atoms with Crippen molar-refractivity contribution in [1.82, 2.24) is 15.1 Å². The Morgan fingerprint density at radius 2 is 1.48 bits per heavy atom. The zero-order chi connectivity index (χ0) is 21.6. The quantitative estimate of drug-likeness (QED) is 0.795. The van der Waals surface area contributed by atoms with Crippen LogP contribution < -0.4 is 14.8 Å². The van der Waals surface area contributed by atoms with Gasteiger partial charge in [0.15, 0.2) is 0 Å². The van der Waals surface area contributed by atoms with E-state index in [4.69, 9.17) is 14.2 Å². The Kier molecular flexibility index (Phi) is 7.30. The van der Waals surface area contributed by atoms with E-state index in [2.05, 4.69) is 5.32 Å². The first-order chi connectivity index (χ1) is 13.7. The Hall–Kier alpha value is -2.97. The highest BCUT2D eigenvalue weighted by atomic mass is 16.6. The Morgan fingerprint density at radius 3 is 1.97 bits per heavy atom. The molecule has 9 heteroatoms. The topological polar surface area (TPSA) is 97.4 Å². The fourth-order valence-electron chi connectivity index (χ4n) is 2.95. The summed E-state index contributed by atoms with van der Waals surface area (Å²) >= 11 is 0. The third kappa shape index (κ3) is 6.00. The lowest BCUT2D eigenvalue weighted by atomic mass is 10.1. The van der Waals surface area contributed by atoms with Gasteiger partial charge in [-0.15, -0.1) is 0 Å². The summed E-state index contributed by atoms with van der Waals surface area (Å²) in [5, 5.41) is 2.46. The molecule has 0 saturated carbocycles. The Balaban J connectivity index is 1.91. The molecule has 0 aliphatic carbocycles. The number of amides is 3. The molecule has 1 aromatic rings. The summed E-state index contributed by atoms with van der Waals surface area (Å²) in [6.45, 7) is 6.60. The molecule has 0 atom stereocenters. The van der Waals surface area contributed by atoms with Gasteiger partial charge in [0, 0.05) is 26.2 Å². The zero-order valence-electron chi connectivity index (χ0n) is 17.6. The summed E-state index contributed by atoms with van der Waals surface area (Å²) in [5.74, 6) is 0.444. The van der Waals surface area contributed by atoms with Gasteiger partial charge in [0.25, 0.3) is 5.91 Å². The first-order valence-corrected chi connectivity index (χ1v) is 9.41. The molecule has 2 rings (SSSR count). The van der Waals surface area contributed by atoms with E-state index in [0.29, 0.717) is 43.2 Å². The normalized spacial score (nSPS) is 14.2. The molecule has 1 heterocycles. The summed E-state index contributed by atoms with van der Waals surface area (Å²) in [6, 6.07) is 5.17. The summed E-state index contributed by atoms with van der Waals surface area (Å²) < 4.78 is 15.7. The molecule has 1 saturated heterocycles. The van der Waals surface area contributed by atoms with Gasteiger partial charge in [0.1, 0.15) is 29.2 Å². The highest BCUT2D eigenvalue weighted by molar-refractivity contribution is 6.00. The number of alkyl carbamates (subject to hydrolysis) is 1. The maximum atomic E-state index is 13.0. The highest BCUT2D eigenvalue weighted by Crippen LogP contribution is 2.29. The van der Waals surface area contributed by atoms with Crippen molar-refractivity contribution in [1.29, 1.82) is 0 Å². The van der Waals surface area contributed by atoms with Gasteiger partial charge in [-0.05, 0) is 32.9 Å². The van der Waals surface area contributed by atoms with Crippen LogP contribution in [0.15, 0.2) is 18.2 Å². The predicted octanol–water partition coefficient (Wildman–Crippen LogP) is 1.51. The number of carbonyl (C=O) groups is 3. The van der Waals surface area contributed by atoms with Gasteiger partial charge in [-0.1, -0.05) is 6.07 Å². The standard InChI is InChI=1S/C20H29N3O6/c1-20(2,3)29-19(26)21-13-16(24)22-9-11-23(12-10-22)18(25)17-14(27-4)7-6-8-15(17)28-5/h6-8H,9-13H2,1-5H3,(H,21,26). The van der Waals surface area contributed by atoms with Gasteiger partial charge in [0.2, 0.25) is 5.91 Å². The average Bonchev–Trinajstić information content (AvgIpc) is 2.69. The molecule has 9 nitrogen and oxygen atoms in total. The zero-order valence-corrected chi connectivity index (χ0v) is 17.6. The van der Waals surface area contributed by atoms with Gasteiger partial charge in [-0.3, -0.25) is 9.59 Å². The second-order valence-electron chi connectivity index (χ2n) is 7.57. The van der Waals surface area contributed by atoms with Crippen molar-refractivity contribution in [3.8, 4) is 11.5 Å². The molecule has 0 unspecified atom stereocenters. The van der Waals surface area contributed by atoms with Crippen molar-refractivity contribution in [3.63, 3.8) is 0 Å². The minimum Gasteiger partial charge on any atom is -0.496 e. The first-order valence-electron chi connectivity index (χ1n) is 9.41. The number of carbonyl (C=O) groups excluding carboxylic acids is 3. The second-order valence-corrected chi connectivity index (χ2v) is 7.57. The molecule has 0 aromatic heterocycles. The molecular formula is C20H29N3O6. The van der Waals surface area contributed by atoms with E-state index in [0.717, 1.165) is 0 Å². The van der Waals surface area contributed by atoms with Crippen molar-refractivity contribution in [2.45, 2.75) is 26.4 Å². The van der Waals surface area contributed by atoms with Crippen LogP contribution in [0.1, 0.15) is 31.1 Å². The number of nitrogens with one attached hydrogen (secondary N) is 1. The fourth-order valence-corrected chi connectivity index (χ4v) is 2.95. The molecule has 1 N–H and O–H groups in total. The van der Waals surface area contributed by atoms with Crippen LogP contribution in [0.3, 0.4) is 0 Å². The van der Waals surface area contributed by atoms with Crippen LogP contribution in [0.4, 0.5) is 4.79 Å². The Labute approximate surface area is 170 Å². The number of methoxy groups -OCH3 is 2. The molecule has 0 bridgehead atoms. The summed E-state index contributed by atoms with van der Waals surface area (Å²) in [6.07, 6.45) is -0.636. The van der Waals surface area contributed by atoms with Gasteiger partial charge >= 0.3 is 6.09 Å². The summed E-state index contributed by atoms with van der Waals surface area (Å²) in [4.78, 5) is 40.3. The molecule has 1 aromatic carbocycles. The first kappa shape index (κ1) is 22.3. The van der Waals surface area contributed by atoms with E-state index >= 15 is 0 Å². The van der Waals surface area contributed by atoms with Crippen LogP contribution in [-0.2, 0) is 9.53 Å². The number of ether oxygens (including phenoxy) is 3. The van der Waals surface area contributed by atoms with E-state index in [1.165, 1.54) is 14.2 Å². The molecule has 0 spiro atoms. The number of nitrogens with zero attached hydrogens (tertiary/aromatic N) is 2. The van der Waals surface area contributed by atoms with Crippen molar-refractivity contribution in [2.75, 3.05) is 46.9 Å². The minimum atomic E-state index is -0.636. The van der Waals surface area contributed by atoms with Gasteiger partial charge in [-0.25, -0.2) is 4.79 Å². The second kappa shape index (κ2) is 9.49. The molecule has 3 amide bonds. The smallest absolute Gasteiger partial charge is 0.408 e. The highest BCUT2D eigenvalue weighted by Gasteiger charge is 2.28. The van der Waals surface area contributed by atoms with Crippen LogP contribution >= 0.6 is 0 Å². The van der Waals surface area contributed by atoms with E-state index in [1.54, 1.807) is 48.8 Å². The fraction of sp³-hybridized carbons (Fsp3) is 0.550. The van der Waals surface area contributed by atoms with Crippen molar-refractivity contribution in [2.24, 2.45) is 0 Å². The van der Waals surface area contributed by atoms with E-state index < -0.39 is 11.7 Å². The van der Waals surface area contributed by atoms with Crippen LogP contribution in [-0.4, -0.2) is 80.3 Å². The van der Waals surface area contributed by atoms with E-state index in [-0.39, 0.29) is 18.4 Å². The van der Waals surface area contributed by atoms with Gasteiger partial charge in [0.05, 0.1) is 14.2 Å². The number of rotatable bonds is 5. The van der Waals surface area contributed by atoms with Gasteiger partial charge in [-0.2, -0.15) is 0 Å². The van der Waals surface area contributed by atoms with Crippen LogP contribution in [0.5, 0.6) is 11.5 Å². The lowest BCUT2D eigenvalue weighted by molar-refractivity contribution is -0.131. The van der Waals surface area contributed by atoms with E-state index in [9.17, 15) is 14.4 Å². The SMILES string of the molecule is COc1cccc(OC)c1C(=O)N1CCN(C(=O)CNC(=O)OC(C)(C)C)CC1. The summed E-state index contributed by atoms with van der Waals surface area (Å²) in [7, 11) is 3.00. The molecule has 1 aliphatic heterocycles. The molecule has 0 radical (unpaired) electrons. The number of piperazine rings is 1. The molecule has 1 fully saturated rings. The molecular weight excluding hydrogens is 378 g/mol. The molecule has 1 aliphatic rings. The molecule has 160 valence electrons. The van der Waals surface area contributed by atoms with Crippen molar-refractivity contribution in [3.05, 3.63) is 23.8 Å². The maximum Gasteiger partial charge on any atom is 0.408 e. The van der Waals surface area contributed by atoms with Crippen LogP contribution in [0.2, 0.25) is 0 Å². The summed E-state index contributed by atoms with van der Waals surface area (Å²) in [5.41, 5.74) is -0.262. The largest absolute Gasteiger partial charge is 0.496 e. The van der Waals surface area contributed by atoms with Crippen LogP contribution in [0, 0.1) is 0 Å². The third-order valence-electron chi connectivity index (χ3n) is 4.34. The Bertz CT molecular complexity index is 729. The average molecular weight is 407 g/mol. The van der Waals surface area contributed by atoms with Crippen LogP contribution in [0.25, 0.3) is 0 Å². The number of benzene rings is 1. The Morgan fingerprint density at radius 1 is 0.966 bits per heavy atom. The predicted molar refractivity (Wildman–Crippen MR) is 106 cm³/mol. The van der Waals surface area contributed by atoms with Crippen molar-refractivity contribution < 1.29 is 28.6 Å². The van der Waals surface area contributed by atoms with Gasteiger partial charge < -0.3 is 29.3 Å². The number of hydrogen-bond donors (Lipinski definition) is 1.